The number of H-pyrrole nitrogens is 1. The summed E-state index contributed by atoms with van der Waals surface area (Å²) in [5.74, 6) is -0.156. The number of aromatic nitrogens is 1. The lowest BCUT2D eigenvalue weighted by Crippen LogP contribution is -2.18. The Morgan fingerprint density at radius 3 is 2.85 bits per heavy atom. The number of aromatic amines is 1. The molecular formula is C15H14ClNO3. The molecule has 1 aliphatic rings. The molecule has 0 saturated heterocycles. The minimum atomic E-state index is -0.599. The fraction of sp³-hybridized carbons (Fsp3) is 0.333. The summed E-state index contributed by atoms with van der Waals surface area (Å²) in [5, 5.41) is 1.15. The van der Waals surface area contributed by atoms with Crippen LogP contribution in [0.25, 0.3) is 10.9 Å². The van der Waals surface area contributed by atoms with E-state index in [1.54, 1.807) is 19.1 Å². The molecule has 0 radical (unpaired) electrons. The summed E-state index contributed by atoms with van der Waals surface area (Å²) in [6.45, 7) is 1.95. The van der Waals surface area contributed by atoms with Gasteiger partial charge in [-0.15, -0.1) is 0 Å². The smallest absolute Gasteiger partial charge is 0.343 e. The fourth-order valence-electron chi connectivity index (χ4n) is 2.33. The van der Waals surface area contributed by atoms with E-state index in [1.165, 1.54) is 6.20 Å². The molecule has 0 aliphatic heterocycles. The largest absolute Gasteiger partial charge is 0.462 e. The molecule has 1 aromatic carbocycles. The standard InChI is InChI=1S/C15H14ClNO3/c1-2-20-15(19)11-7-17-13-6-12(16)9(8-3-4-8)5-10(13)14(11)18/h5-8H,2-4H2,1H3,(H,17,18). The number of nitrogens with one attached hydrogen (secondary N) is 1. The van der Waals surface area contributed by atoms with Gasteiger partial charge in [-0.2, -0.15) is 0 Å². The molecule has 1 N–H and O–H groups in total. The molecule has 1 heterocycles. The molecule has 20 heavy (non-hydrogen) atoms. The number of ether oxygens (including phenoxy) is 1. The predicted molar refractivity (Wildman–Crippen MR) is 77.5 cm³/mol. The molecule has 1 saturated carbocycles. The van der Waals surface area contributed by atoms with E-state index in [1.807, 2.05) is 0 Å². The fourth-order valence-corrected chi connectivity index (χ4v) is 2.64. The van der Waals surface area contributed by atoms with Crippen molar-refractivity contribution >= 4 is 28.5 Å². The van der Waals surface area contributed by atoms with Gasteiger partial charge in [0.2, 0.25) is 5.43 Å². The molecule has 0 bridgehead atoms. The third kappa shape index (κ3) is 2.20. The van der Waals surface area contributed by atoms with Crippen LogP contribution in [0.5, 0.6) is 0 Å². The van der Waals surface area contributed by atoms with Crippen molar-refractivity contribution in [2.45, 2.75) is 25.7 Å². The Bertz CT molecular complexity index is 747. The van der Waals surface area contributed by atoms with Crippen molar-refractivity contribution in [3.8, 4) is 0 Å². The topological polar surface area (TPSA) is 59.2 Å². The van der Waals surface area contributed by atoms with Gasteiger partial charge in [0.25, 0.3) is 0 Å². The lowest BCUT2D eigenvalue weighted by atomic mass is 10.1. The third-order valence-corrected chi connectivity index (χ3v) is 3.84. The molecule has 1 fully saturated rings. The van der Waals surface area contributed by atoms with Crippen molar-refractivity contribution in [3.05, 3.63) is 44.7 Å². The maximum Gasteiger partial charge on any atom is 0.343 e. The highest BCUT2D eigenvalue weighted by atomic mass is 35.5. The van der Waals surface area contributed by atoms with Crippen molar-refractivity contribution in [2.75, 3.05) is 6.61 Å². The lowest BCUT2D eigenvalue weighted by Gasteiger charge is -2.07. The molecule has 2 aromatic rings. The van der Waals surface area contributed by atoms with E-state index in [0.717, 1.165) is 18.4 Å². The first-order chi connectivity index (χ1) is 9.61. The molecule has 0 unspecified atom stereocenters. The number of carbonyl (C=O) groups excluding carboxylic acids is 1. The van der Waals surface area contributed by atoms with Crippen LogP contribution in [0.15, 0.2) is 23.1 Å². The highest BCUT2D eigenvalue weighted by Gasteiger charge is 2.26. The van der Waals surface area contributed by atoms with E-state index in [-0.39, 0.29) is 17.6 Å². The van der Waals surface area contributed by atoms with Crippen LogP contribution in [0.2, 0.25) is 5.02 Å². The second-order valence-corrected chi connectivity index (χ2v) is 5.35. The number of hydrogen-bond donors (Lipinski definition) is 1. The zero-order valence-corrected chi connectivity index (χ0v) is 11.8. The molecule has 104 valence electrons. The van der Waals surface area contributed by atoms with E-state index in [9.17, 15) is 9.59 Å². The minimum absolute atomic E-state index is 0.0309. The summed E-state index contributed by atoms with van der Waals surface area (Å²) in [6, 6.07) is 3.55. The molecule has 0 amide bonds. The number of pyridine rings is 1. The quantitative estimate of drug-likeness (QED) is 0.883. The predicted octanol–water partition coefficient (Wildman–Crippen LogP) is 3.24. The van der Waals surface area contributed by atoms with Crippen molar-refractivity contribution in [3.63, 3.8) is 0 Å². The Hall–Kier alpha value is -1.81. The van der Waals surface area contributed by atoms with Crippen LogP contribution in [0.4, 0.5) is 0 Å². The van der Waals surface area contributed by atoms with Gasteiger partial charge in [-0.05, 0) is 43.4 Å². The summed E-state index contributed by atoms with van der Waals surface area (Å²) in [6.07, 6.45) is 3.58. The van der Waals surface area contributed by atoms with Crippen LogP contribution >= 0.6 is 11.6 Å². The first kappa shape index (κ1) is 13.2. The summed E-state index contributed by atoms with van der Waals surface area (Å²) in [4.78, 5) is 27.1. The highest BCUT2D eigenvalue weighted by Crippen LogP contribution is 2.43. The number of hydrogen-bond acceptors (Lipinski definition) is 3. The van der Waals surface area contributed by atoms with Crippen molar-refractivity contribution < 1.29 is 9.53 Å². The van der Waals surface area contributed by atoms with Gasteiger partial charge >= 0.3 is 5.97 Å². The zero-order chi connectivity index (χ0) is 14.3. The second-order valence-electron chi connectivity index (χ2n) is 4.95. The van der Waals surface area contributed by atoms with Crippen molar-refractivity contribution in [1.82, 2.24) is 4.98 Å². The Kier molecular flexibility index (Phi) is 3.26. The van der Waals surface area contributed by atoms with Gasteiger partial charge in [0.15, 0.2) is 0 Å². The first-order valence-electron chi connectivity index (χ1n) is 6.63. The number of fused-ring (bicyclic) bond motifs is 1. The van der Waals surface area contributed by atoms with Gasteiger partial charge < -0.3 is 9.72 Å². The maximum absolute atomic E-state index is 12.4. The summed E-state index contributed by atoms with van der Waals surface area (Å²) in [7, 11) is 0. The Balaban J connectivity index is 2.18. The molecule has 1 aliphatic carbocycles. The number of benzene rings is 1. The third-order valence-electron chi connectivity index (χ3n) is 3.51. The monoisotopic (exact) mass is 291 g/mol. The van der Waals surface area contributed by atoms with Gasteiger partial charge in [0.05, 0.1) is 12.1 Å². The summed E-state index contributed by atoms with van der Waals surface area (Å²) >= 11 is 6.23. The van der Waals surface area contributed by atoms with Crippen molar-refractivity contribution in [1.29, 1.82) is 0 Å². The number of rotatable bonds is 3. The Labute approximate surface area is 120 Å². The molecule has 5 heteroatoms. The maximum atomic E-state index is 12.4. The van der Waals surface area contributed by atoms with Crippen molar-refractivity contribution in [2.24, 2.45) is 0 Å². The Morgan fingerprint density at radius 2 is 2.20 bits per heavy atom. The lowest BCUT2D eigenvalue weighted by molar-refractivity contribution is 0.0524. The van der Waals surface area contributed by atoms with E-state index < -0.39 is 5.97 Å². The number of halogens is 1. The van der Waals surface area contributed by atoms with E-state index in [0.29, 0.717) is 21.8 Å². The Morgan fingerprint density at radius 1 is 1.45 bits per heavy atom. The van der Waals surface area contributed by atoms with Crippen LogP contribution in [-0.2, 0) is 4.74 Å². The molecule has 4 nitrogen and oxygen atoms in total. The SMILES string of the molecule is CCOC(=O)c1c[nH]c2cc(Cl)c(C3CC3)cc2c1=O. The van der Waals surface area contributed by atoms with Gasteiger partial charge in [-0.25, -0.2) is 4.79 Å². The number of esters is 1. The zero-order valence-electron chi connectivity index (χ0n) is 11.0. The van der Waals surface area contributed by atoms with Crippen LogP contribution in [0, 0.1) is 0 Å². The first-order valence-corrected chi connectivity index (χ1v) is 7.01. The molecule has 0 spiro atoms. The summed E-state index contributed by atoms with van der Waals surface area (Å²) in [5.41, 5.74) is 1.35. The van der Waals surface area contributed by atoms with Gasteiger partial charge in [-0.1, -0.05) is 11.6 Å². The van der Waals surface area contributed by atoms with Gasteiger partial charge in [0, 0.05) is 16.6 Å². The highest BCUT2D eigenvalue weighted by molar-refractivity contribution is 6.32. The molecule has 1 aromatic heterocycles. The van der Waals surface area contributed by atoms with Gasteiger partial charge in [0.1, 0.15) is 5.56 Å². The van der Waals surface area contributed by atoms with E-state index in [4.69, 9.17) is 16.3 Å². The van der Waals surface area contributed by atoms with E-state index in [2.05, 4.69) is 4.98 Å². The number of carbonyl (C=O) groups is 1. The van der Waals surface area contributed by atoms with Crippen LogP contribution in [0.1, 0.15) is 41.6 Å². The molecule has 0 atom stereocenters. The second kappa shape index (κ2) is 4.94. The average Bonchev–Trinajstić information content (AvgIpc) is 3.23. The van der Waals surface area contributed by atoms with Crippen LogP contribution in [0.3, 0.4) is 0 Å². The van der Waals surface area contributed by atoms with Gasteiger partial charge in [-0.3, -0.25) is 4.79 Å². The van der Waals surface area contributed by atoms with Crippen LogP contribution < -0.4 is 5.43 Å². The molecule has 3 rings (SSSR count). The molecular weight excluding hydrogens is 278 g/mol. The minimum Gasteiger partial charge on any atom is -0.462 e. The average molecular weight is 292 g/mol. The summed E-state index contributed by atoms with van der Waals surface area (Å²) < 4.78 is 4.89. The normalized spacial score (nSPS) is 14.5. The van der Waals surface area contributed by atoms with E-state index >= 15 is 0 Å². The van der Waals surface area contributed by atoms with Crippen LogP contribution in [-0.4, -0.2) is 17.6 Å².